The number of nitrogens with one attached hydrogen (secondary N) is 1. The first-order valence-electron chi connectivity index (χ1n) is 7.14. The van der Waals surface area contributed by atoms with E-state index in [0.29, 0.717) is 17.8 Å². The number of hydrogen-bond acceptors (Lipinski definition) is 4. The van der Waals surface area contributed by atoms with Crippen LogP contribution >= 0.6 is 11.8 Å². The summed E-state index contributed by atoms with van der Waals surface area (Å²) in [6.07, 6.45) is 3.43. The van der Waals surface area contributed by atoms with Crippen molar-refractivity contribution in [1.82, 2.24) is 5.32 Å². The van der Waals surface area contributed by atoms with E-state index in [2.05, 4.69) is 26.1 Å². The Kier molecular flexibility index (Phi) is 6.50. The van der Waals surface area contributed by atoms with Gasteiger partial charge >= 0.3 is 5.97 Å². The average molecular weight is 273 g/mol. The first-order valence-corrected chi connectivity index (χ1v) is 8.19. The van der Waals surface area contributed by atoms with Crippen molar-refractivity contribution in [2.45, 2.75) is 57.7 Å². The number of ether oxygens (including phenoxy) is 1. The van der Waals surface area contributed by atoms with Gasteiger partial charge in [0.15, 0.2) is 0 Å². The summed E-state index contributed by atoms with van der Waals surface area (Å²) in [4.78, 5) is 12.3. The molecule has 0 aromatic carbocycles. The lowest BCUT2D eigenvalue weighted by Gasteiger charge is -2.33. The fraction of sp³-hybridized carbons (Fsp3) is 0.929. The summed E-state index contributed by atoms with van der Waals surface area (Å²) in [5, 5.41) is 4.02. The van der Waals surface area contributed by atoms with E-state index in [1.54, 1.807) is 0 Å². The third-order valence-corrected chi connectivity index (χ3v) is 5.10. The molecule has 4 heteroatoms. The molecular weight excluding hydrogens is 246 g/mol. The van der Waals surface area contributed by atoms with Crippen molar-refractivity contribution in [3.05, 3.63) is 0 Å². The molecule has 0 saturated heterocycles. The van der Waals surface area contributed by atoms with Gasteiger partial charge < -0.3 is 10.1 Å². The number of esters is 1. The van der Waals surface area contributed by atoms with Crippen LogP contribution in [0.5, 0.6) is 0 Å². The van der Waals surface area contributed by atoms with Gasteiger partial charge in [0.25, 0.3) is 0 Å². The number of thioether (sulfide) groups is 1. The first kappa shape index (κ1) is 15.8. The van der Waals surface area contributed by atoms with Crippen LogP contribution in [0.15, 0.2) is 0 Å². The lowest BCUT2D eigenvalue weighted by Crippen LogP contribution is -2.57. The lowest BCUT2D eigenvalue weighted by atomic mass is 9.95. The Balaban J connectivity index is 2.73. The van der Waals surface area contributed by atoms with Crippen molar-refractivity contribution >= 4 is 17.7 Å². The molecule has 0 aromatic heterocycles. The number of carbonyl (C=O) groups excluding carboxylic acids is 1. The smallest absolute Gasteiger partial charge is 0.327 e. The third kappa shape index (κ3) is 3.89. The second-order valence-corrected chi connectivity index (χ2v) is 6.45. The predicted molar refractivity (Wildman–Crippen MR) is 78.0 cm³/mol. The number of likely N-dealkylation sites (N-methyl/N-ethyl adjacent to an activating group) is 1. The van der Waals surface area contributed by atoms with Gasteiger partial charge in [-0.05, 0) is 38.6 Å². The second-order valence-electron chi connectivity index (χ2n) is 5.03. The van der Waals surface area contributed by atoms with Gasteiger partial charge in [-0.15, -0.1) is 0 Å². The van der Waals surface area contributed by atoms with E-state index in [-0.39, 0.29) is 5.97 Å². The van der Waals surface area contributed by atoms with Crippen molar-refractivity contribution in [3.63, 3.8) is 0 Å². The normalized spacial score (nSPS) is 20.2. The van der Waals surface area contributed by atoms with Crippen molar-refractivity contribution < 1.29 is 9.53 Å². The molecule has 1 fully saturated rings. The quantitative estimate of drug-likeness (QED) is 0.656. The van der Waals surface area contributed by atoms with Crippen LogP contribution in [-0.4, -0.2) is 35.7 Å². The molecule has 0 radical (unpaired) electrons. The topological polar surface area (TPSA) is 38.3 Å². The fourth-order valence-electron chi connectivity index (χ4n) is 2.15. The summed E-state index contributed by atoms with van der Waals surface area (Å²) in [6, 6.07) is 0. The van der Waals surface area contributed by atoms with Gasteiger partial charge in [0.1, 0.15) is 5.54 Å². The monoisotopic (exact) mass is 273 g/mol. The molecule has 0 aliphatic heterocycles. The molecule has 0 aromatic rings. The van der Waals surface area contributed by atoms with Gasteiger partial charge in [-0.1, -0.05) is 20.8 Å². The van der Waals surface area contributed by atoms with Gasteiger partial charge in [-0.3, -0.25) is 4.79 Å². The Morgan fingerprint density at radius 3 is 2.56 bits per heavy atom. The van der Waals surface area contributed by atoms with Crippen LogP contribution < -0.4 is 5.32 Å². The van der Waals surface area contributed by atoms with Crippen molar-refractivity contribution in [2.24, 2.45) is 5.92 Å². The summed E-state index contributed by atoms with van der Waals surface area (Å²) >= 11 is 1.88. The molecule has 1 saturated carbocycles. The van der Waals surface area contributed by atoms with Crippen LogP contribution in [0, 0.1) is 5.92 Å². The Labute approximate surface area is 115 Å². The van der Waals surface area contributed by atoms with Gasteiger partial charge in [0.2, 0.25) is 0 Å². The molecular formula is C14H27NO2S. The standard InChI is InChI=1S/C14H27NO2S/c1-5-11(4)18-10-14(15-6-2,12-8-9-12)13(16)17-7-3/h11-12,15H,5-10H2,1-4H3. The molecule has 2 atom stereocenters. The molecule has 1 rings (SSSR count). The maximum Gasteiger partial charge on any atom is 0.327 e. The maximum atomic E-state index is 12.3. The number of rotatable bonds is 9. The van der Waals surface area contributed by atoms with E-state index in [0.717, 1.165) is 31.6 Å². The van der Waals surface area contributed by atoms with E-state index in [1.165, 1.54) is 0 Å². The molecule has 0 bridgehead atoms. The average Bonchev–Trinajstić information content (AvgIpc) is 3.18. The zero-order valence-corrected chi connectivity index (χ0v) is 12.9. The van der Waals surface area contributed by atoms with Crippen molar-refractivity contribution in [1.29, 1.82) is 0 Å². The van der Waals surface area contributed by atoms with E-state index in [1.807, 2.05) is 18.7 Å². The predicted octanol–water partition coefficient (Wildman–Crippen LogP) is 2.84. The SMILES string of the molecule is CCNC(CSC(C)CC)(C(=O)OCC)C1CC1. The van der Waals surface area contributed by atoms with Crippen LogP contribution in [0.25, 0.3) is 0 Å². The zero-order chi connectivity index (χ0) is 13.6. The molecule has 18 heavy (non-hydrogen) atoms. The Bertz CT molecular complexity index is 269. The summed E-state index contributed by atoms with van der Waals surface area (Å²) in [5.41, 5.74) is -0.446. The Morgan fingerprint density at radius 1 is 1.44 bits per heavy atom. The highest BCUT2D eigenvalue weighted by molar-refractivity contribution is 8.00. The maximum absolute atomic E-state index is 12.3. The van der Waals surface area contributed by atoms with E-state index >= 15 is 0 Å². The Morgan fingerprint density at radius 2 is 2.11 bits per heavy atom. The van der Waals surface area contributed by atoms with Crippen LogP contribution in [0.1, 0.15) is 47.0 Å². The van der Waals surface area contributed by atoms with Crippen LogP contribution in [0.2, 0.25) is 0 Å². The van der Waals surface area contributed by atoms with Gasteiger partial charge in [0.05, 0.1) is 6.61 Å². The highest BCUT2D eigenvalue weighted by atomic mass is 32.2. The van der Waals surface area contributed by atoms with E-state index < -0.39 is 5.54 Å². The molecule has 0 heterocycles. The number of carbonyl (C=O) groups is 1. The van der Waals surface area contributed by atoms with Crippen molar-refractivity contribution in [3.8, 4) is 0 Å². The summed E-state index contributed by atoms with van der Waals surface area (Å²) in [5.74, 6) is 1.25. The molecule has 1 aliphatic rings. The van der Waals surface area contributed by atoms with Crippen LogP contribution in [0.4, 0.5) is 0 Å². The Hall–Kier alpha value is -0.220. The summed E-state index contributed by atoms with van der Waals surface area (Å²) in [6.45, 7) is 9.63. The minimum atomic E-state index is -0.446. The molecule has 3 nitrogen and oxygen atoms in total. The highest BCUT2D eigenvalue weighted by Crippen LogP contribution is 2.42. The minimum Gasteiger partial charge on any atom is -0.465 e. The van der Waals surface area contributed by atoms with Gasteiger partial charge in [-0.25, -0.2) is 0 Å². The molecule has 0 amide bonds. The molecule has 2 unspecified atom stereocenters. The number of hydrogen-bond donors (Lipinski definition) is 1. The summed E-state index contributed by atoms with van der Waals surface area (Å²) in [7, 11) is 0. The third-order valence-electron chi connectivity index (χ3n) is 3.58. The first-order chi connectivity index (χ1) is 8.60. The van der Waals surface area contributed by atoms with E-state index in [9.17, 15) is 4.79 Å². The van der Waals surface area contributed by atoms with Crippen molar-refractivity contribution in [2.75, 3.05) is 18.9 Å². The highest BCUT2D eigenvalue weighted by Gasteiger charge is 2.51. The minimum absolute atomic E-state index is 0.0508. The molecule has 0 spiro atoms. The van der Waals surface area contributed by atoms with Crippen LogP contribution in [0.3, 0.4) is 0 Å². The summed E-state index contributed by atoms with van der Waals surface area (Å²) < 4.78 is 5.31. The molecule has 106 valence electrons. The van der Waals surface area contributed by atoms with Crippen LogP contribution in [-0.2, 0) is 9.53 Å². The molecule has 1 N–H and O–H groups in total. The molecule has 1 aliphatic carbocycles. The van der Waals surface area contributed by atoms with E-state index in [4.69, 9.17) is 4.74 Å². The van der Waals surface area contributed by atoms with Gasteiger partial charge in [-0.2, -0.15) is 11.8 Å². The fourth-order valence-corrected chi connectivity index (χ4v) is 3.39. The van der Waals surface area contributed by atoms with Gasteiger partial charge in [0, 0.05) is 11.0 Å². The largest absolute Gasteiger partial charge is 0.465 e. The second kappa shape index (κ2) is 7.39. The lowest BCUT2D eigenvalue weighted by molar-refractivity contribution is -0.151. The zero-order valence-electron chi connectivity index (χ0n) is 12.1.